The summed E-state index contributed by atoms with van der Waals surface area (Å²) in [7, 11) is 2.15. The molecule has 1 fully saturated rings. The molecular formula is C25H34N2O2. The number of nitrogens with zero attached hydrogens (tertiary/aromatic N) is 1. The van der Waals surface area contributed by atoms with Crippen LogP contribution < -0.4 is 5.32 Å². The van der Waals surface area contributed by atoms with Crippen LogP contribution in [-0.2, 0) is 11.2 Å². The molecule has 1 aliphatic heterocycles. The van der Waals surface area contributed by atoms with E-state index in [0.717, 1.165) is 24.9 Å². The molecule has 1 heterocycles. The standard InChI is InChI=1S/C25H34N2O2/c1-18-7-9-19(10-8-18)15-20-11-13-21(14-12-20)26-23(28)29-22-16-24(2,3)27(6)25(4,5)17-22/h7-14,22H,15-17H2,1-6H3,(H,26,28). The van der Waals surface area contributed by atoms with Gasteiger partial charge in [-0.2, -0.15) is 0 Å². The fourth-order valence-corrected chi connectivity index (χ4v) is 4.31. The summed E-state index contributed by atoms with van der Waals surface area (Å²) in [5, 5.41) is 2.88. The summed E-state index contributed by atoms with van der Waals surface area (Å²) in [6.45, 7) is 10.9. The Bertz CT molecular complexity index is 820. The number of rotatable bonds is 4. The van der Waals surface area contributed by atoms with Gasteiger partial charge in [0, 0.05) is 29.6 Å². The fraction of sp³-hybridized carbons (Fsp3) is 0.480. The first-order valence-electron chi connectivity index (χ1n) is 10.4. The Balaban J connectivity index is 1.56. The van der Waals surface area contributed by atoms with Gasteiger partial charge in [-0.1, -0.05) is 42.0 Å². The lowest BCUT2D eigenvalue weighted by Gasteiger charge is -2.53. The average molecular weight is 395 g/mol. The number of carbonyl (C=O) groups excluding carboxylic acids is 1. The first-order valence-corrected chi connectivity index (χ1v) is 10.4. The second-order valence-electron chi connectivity index (χ2n) is 9.60. The molecule has 1 amide bonds. The van der Waals surface area contributed by atoms with Crippen LogP contribution in [0.5, 0.6) is 0 Å². The van der Waals surface area contributed by atoms with Crippen molar-refractivity contribution in [3.05, 3.63) is 65.2 Å². The number of aryl methyl sites for hydroxylation is 1. The second-order valence-corrected chi connectivity index (χ2v) is 9.60. The van der Waals surface area contributed by atoms with Gasteiger partial charge in [-0.15, -0.1) is 0 Å². The molecule has 1 N–H and O–H groups in total. The Kier molecular flexibility index (Phi) is 6.04. The third-order valence-electron chi connectivity index (χ3n) is 6.27. The predicted octanol–water partition coefficient (Wildman–Crippen LogP) is 5.79. The van der Waals surface area contributed by atoms with Gasteiger partial charge in [0.2, 0.25) is 0 Å². The highest BCUT2D eigenvalue weighted by Crippen LogP contribution is 2.38. The van der Waals surface area contributed by atoms with Gasteiger partial charge in [0.05, 0.1) is 0 Å². The van der Waals surface area contributed by atoms with E-state index in [1.54, 1.807) is 0 Å². The summed E-state index contributed by atoms with van der Waals surface area (Å²) in [6, 6.07) is 16.6. The molecule has 0 spiro atoms. The molecule has 0 aromatic heterocycles. The molecule has 4 heteroatoms. The molecule has 2 aromatic rings. The van der Waals surface area contributed by atoms with Crippen LogP contribution in [0, 0.1) is 6.92 Å². The molecule has 0 unspecified atom stereocenters. The maximum atomic E-state index is 12.4. The van der Waals surface area contributed by atoms with Gasteiger partial charge in [0.15, 0.2) is 0 Å². The van der Waals surface area contributed by atoms with Crippen molar-refractivity contribution in [2.75, 3.05) is 12.4 Å². The van der Waals surface area contributed by atoms with Gasteiger partial charge in [0.25, 0.3) is 0 Å². The van der Waals surface area contributed by atoms with Gasteiger partial charge >= 0.3 is 6.09 Å². The van der Waals surface area contributed by atoms with Crippen LogP contribution in [-0.4, -0.2) is 35.2 Å². The molecule has 3 rings (SSSR count). The van der Waals surface area contributed by atoms with Crippen molar-refractivity contribution < 1.29 is 9.53 Å². The van der Waals surface area contributed by atoms with Crippen molar-refractivity contribution in [3.63, 3.8) is 0 Å². The van der Waals surface area contributed by atoms with Crippen LogP contribution >= 0.6 is 0 Å². The van der Waals surface area contributed by atoms with E-state index in [2.05, 4.69) is 88.3 Å². The zero-order valence-electron chi connectivity index (χ0n) is 18.6. The molecule has 29 heavy (non-hydrogen) atoms. The van der Waals surface area contributed by atoms with Crippen LogP contribution in [0.25, 0.3) is 0 Å². The Morgan fingerprint density at radius 1 is 0.966 bits per heavy atom. The monoisotopic (exact) mass is 394 g/mol. The Morgan fingerprint density at radius 3 is 1.97 bits per heavy atom. The second kappa shape index (κ2) is 8.19. The Labute approximate surface area is 175 Å². The number of benzene rings is 2. The summed E-state index contributed by atoms with van der Waals surface area (Å²) < 4.78 is 5.78. The van der Waals surface area contributed by atoms with Crippen molar-refractivity contribution in [2.24, 2.45) is 0 Å². The van der Waals surface area contributed by atoms with Crippen molar-refractivity contribution in [1.29, 1.82) is 0 Å². The Hall–Kier alpha value is -2.33. The van der Waals surface area contributed by atoms with E-state index >= 15 is 0 Å². The SMILES string of the molecule is Cc1ccc(Cc2ccc(NC(=O)OC3CC(C)(C)N(C)C(C)(C)C3)cc2)cc1. The largest absolute Gasteiger partial charge is 0.446 e. The molecule has 156 valence electrons. The summed E-state index contributed by atoms with van der Waals surface area (Å²) in [6.07, 6.45) is 2.07. The molecule has 1 saturated heterocycles. The van der Waals surface area contributed by atoms with E-state index in [9.17, 15) is 4.79 Å². The summed E-state index contributed by atoms with van der Waals surface area (Å²) in [5.41, 5.74) is 4.50. The predicted molar refractivity (Wildman–Crippen MR) is 119 cm³/mol. The number of nitrogens with one attached hydrogen (secondary N) is 1. The van der Waals surface area contributed by atoms with Crippen LogP contribution in [0.3, 0.4) is 0 Å². The van der Waals surface area contributed by atoms with E-state index in [4.69, 9.17) is 4.74 Å². The number of piperidine rings is 1. The van der Waals surface area contributed by atoms with Crippen molar-refractivity contribution in [2.45, 2.75) is 71.1 Å². The van der Waals surface area contributed by atoms with Crippen molar-refractivity contribution in [1.82, 2.24) is 4.90 Å². The highest BCUT2D eigenvalue weighted by Gasteiger charge is 2.44. The molecule has 4 nitrogen and oxygen atoms in total. The zero-order chi connectivity index (χ0) is 21.2. The minimum absolute atomic E-state index is 0.00960. The molecule has 1 aliphatic rings. The van der Waals surface area contributed by atoms with E-state index in [0.29, 0.717) is 0 Å². The third kappa shape index (κ3) is 5.39. The molecule has 0 atom stereocenters. The lowest BCUT2D eigenvalue weighted by atomic mass is 9.79. The summed E-state index contributed by atoms with van der Waals surface area (Å²) >= 11 is 0. The van der Waals surface area contributed by atoms with Gasteiger partial charge in [0.1, 0.15) is 6.10 Å². The first kappa shape index (κ1) is 21.4. The molecular weight excluding hydrogens is 360 g/mol. The number of amides is 1. The quantitative estimate of drug-likeness (QED) is 0.714. The molecule has 0 saturated carbocycles. The van der Waals surface area contributed by atoms with E-state index in [1.807, 2.05) is 12.1 Å². The van der Waals surface area contributed by atoms with Crippen LogP contribution in [0.1, 0.15) is 57.2 Å². The minimum atomic E-state index is -0.377. The Morgan fingerprint density at radius 2 is 1.45 bits per heavy atom. The maximum Gasteiger partial charge on any atom is 0.411 e. The number of hydrogen-bond donors (Lipinski definition) is 1. The average Bonchev–Trinajstić information content (AvgIpc) is 2.62. The van der Waals surface area contributed by atoms with Gasteiger partial charge < -0.3 is 4.74 Å². The highest BCUT2D eigenvalue weighted by atomic mass is 16.6. The molecule has 0 radical (unpaired) electrons. The van der Waals surface area contributed by atoms with E-state index in [1.165, 1.54) is 16.7 Å². The number of ether oxygens (including phenoxy) is 1. The minimum Gasteiger partial charge on any atom is -0.446 e. The van der Waals surface area contributed by atoms with Gasteiger partial charge in [-0.25, -0.2) is 4.79 Å². The maximum absolute atomic E-state index is 12.4. The molecule has 0 aliphatic carbocycles. The first-order chi connectivity index (χ1) is 13.5. The summed E-state index contributed by atoms with van der Waals surface area (Å²) in [5.74, 6) is 0. The van der Waals surface area contributed by atoms with Gasteiger partial charge in [-0.3, -0.25) is 10.2 Å². The fourth-order valence-electron chi connectivity index (χ4n) is 4.31. The zero-order valence-corrected chi connectivity index (χ0v) is 18.6. The van der Waals surface area contributed by atoms with Crippen LogP contribution in [0.15, 0.2) is 48.5 Å². The number of carbonyl (C=O) groups is 1. The third-order valence-corrected chi connectivity index (χ3v) is 6.27. The lowest BCUT2D eigenvalue weighted by Crippen LogP contribution is -2.60. The van der Waals surface area contributed by atoms with Crippen LogP contribution in [0.2, 0.25) is 0 Å². The van der Waals surface area contributed by atoms with Crippen molar-refractivity contribution >= 4 is 11.8 Å². The van der Waals surface area contributed by atoms with Crippen LogP contribution in [0.4, 0.5) is 10.5 Å². The normalized spacial score (nSPS) is 19.0. The smallest absolute Gasteiger partial charge is 0.411 e. The number of anilines is 1. The molecule has 0 bridgehead atoms. The number of hydrogen-bond acceptors (Lipinski definition) is 3. The topological polar surface area (TPSA) is 41.6 Å². The summed E-state index contributed by atoms with van der Waals surface area (Å²) in [4.78, 5) is 14.8. The number of likely N-dealkylation sites (tertiary alicyclic amines) is 1. The lowest BCUT2D eigenvalue weighted by molar-refractivity contribution is -0.0659. The van der Waals surface area contributed by atoms with Gasteiger partial charge in [-0.05, 0) is 71.3 Å². The van der Waals surface area contributed by atoms with E-state index < -0.39 is 0 Å². The highest BCUT2D eigenvalue weighted by molar-refractivity contribution is 5.84. The molecule has 2 aromatic carbocycles. The van der Waals surface area contributed by atoms with Crippen molar-refractivity contribution in [3.8, 4) is 0 Å². The van der Waals surface area contributed by atoms with E-state index in [-0.39, 0.29) is 23.3 Å².